The molecule has 0 aliphatic heterocycles. The number of carboxylic acid groups (broad SMARTS) is 1. The lowest BCUT2D eigenvalue weighted by Crippen LogP contribution is -2.14. The van der Waals surface area contributed by atoms with Crippen molar-refractivity contribution in [3.63, 3.8) is 0 Å². The van der Waals surface area contributed by atoms with Gasteiger partial charge in [-0.2, -0.15) is 0 Å². The van der Waals surface area contributed by atoms with Crippen molar-refractivity contribution in [3.8, 4) is 0 Å². The van der Waals surface area contributed by atoms with E-state index < -0.39 is 11.9 Å². The van der Waals surface area contributed by atoms with Gasteiger partial charge in [-0.25, -0.2) is 4.39 Å². The minimum absolute atomic E-state index is 0.261. The summed E-state index contributed by atoms with van der Waals surface area (Å²) in [7, 11) is 0. The second-order valence-corrected chi connectivity index (χ2v) is 4.01. The SMILES string of the molecule is O=C(O)C(Cc1cccc(F)c1)c1ccncc1. The fourth-order valence-electron chi connectivity index (χ4n) is 1.84. The summed E-state index contributed by atoms with van der Waals surface area (Å²) in [4.78, 5) is 15.1. The normalized spacial score (nSPS) is 12.1. The van der Waals surface area contributed by atoms with Crippen molar-refractivity contribution in [3.05, 3.63) is 65.7 Å². The first-order valence-electron chi connectivity index (χ1n) is 5.54. The third-order valence-electron chi connectivity index (χ3n) is 2.74. The van der Waals surface area contributed by atoms with Gasteiger partial charge < -0.3 is 5.11 Å². The number of halogens is 1. The number of hydrogen-bond acceptors (Lipinski definition) is 2. The zero-order chi connectivity index (χ0) is 13.0. The van der Waals surface area contributed by atoms with Gasteiger partial charge in [0.25, 0.3) is 0 Å². The molecule has 0 aliphatic carbocycles. The minimum atomic E-state index is -0.925. The van der Waals surface area contributed by atoms with Crippen LogP contribution in [0.2, 0.25) is 0 Å². The predicted molar refractivity (Wildman–Crippen MR) is 64.7 cm³/mol. The van der Waals surface area contributed by atoms with E-state index in [0.717, 1.165) is 0 Å². The molecule has 0 saturated carbocycles. The molecule has 3 nitrogen and oxygen atoms in total. The maximum absolute atomic E-state index is 13.1. The Hall–Kier alpha value is -2.23. The zero-order valence-corrected chi connectivity index (χ0v) is 9.58. The Labute approximate surface area is 104 Å². The zero-order valence-electron chi connectivity index (χ0n) is 9.58. The highest BCUT2D eigenvalue weighted by Crippen LogP contribution is 2.21. The summed E-state index contributed by atoms with van der Waals surface area (Å²) >= 11 is 0. The number of carboxylic acids is 1. The third kappa shape index (κ3) is 2.91. The lowest BCUT2D eigenvalue weighted by molar-refractivity contribution is -0.138. The first-order chi connectivity index (χ1) is 8.66. The van der Waals surface area contributed by atoms with Gasteiger partial charge in [0, 0.05) is 12.4 Å². The molecule has 1 atom stereocenters. The number of benzene rings is 1. The van der Waals surface area contributed by atoms with Crippen LogP contribution in [0, 0.1) is 5.82 Å². The summed E-state index contributed by atoms with van der Waals surface area (Å²) in [5, 5.41) is 9.24. The van der Waals surface area contributed by atoms with Crippen molar-refractivity contribution in [2.45, 2.75) is 12.3 Å². The molecule has 0 saturated heterocycles. The molecule has 0 bridgehead atoms. The monoisotopic (exact) mass is 245 g/mol. The number of hydrogen-bond donors (Lipinski definition) is 1. The van der Waals surface area contributed by atoms with E-state index >= 15 is 0 Å². The molecule has 1 aromatic carbocycles. The maximum atomic E-state index is 13.1. The average Bonchev–Trinajstić information content (AvgIpc) is 2.37. The van der Waals surface area contributed by atoms with Gasteiger partial charge in [0.2, 0.25) is 0 Å². The lowest BCUT2D eigenvalue weighted by Gasteiger charge is -2.12. The minimum Gasteiger partial charge on any atom is -0.481 e. The maximum Gasteiger partial charge on any atom is 0.311 e. The molecule has 1 aromatic heterocycles. The topological polar surface area (TPSA) is 50.2 Å². The van der Waals surface area contributed by atoms with Crippen LogP contribution in [0.4, 0.5) is 4.39 Å². The van der Waals surface area contributed by atoms with Crippen molar-refractivity contribution in [1.82, 2.24) is 4.98 Å². The summed E-state index contributed by atoms with van der Waals surface area (Å²) in [6.07, 6.45) is 3.37. The Morgan fingerprint density at radius 2 is 2.00 bits per heavy atom. The summed E-state index contributed by atoms with van der Waals surface area (Å²) in [5.74, 6) is -1.97. The highest BCUT2D eigenvalue weighted by molar-refractivity contribution is 5.76. The Bertz CT molecular complexity index is 543. The second-order valence-electron chi connectivity index (χ2n) is 4.01. The quantitative estimate of drug-likeness (QED) is 0.900. The van der Waals surface area contributed by atoms with Gasteiger partial charge in [-0.05, 0) is 41.8 Å². The van der Waals surface area contributed by atoms with Crippen LogP contribution in [0.1, 0.15) is 17.0 Å². The molecule has 0 amide bonds. The van der Waals surface area contributed by atoms with Crippen molar-refractivity contribution < 1.29 is 14.3 Å². The van der Waals surface area contributed by atoms with Crippen LogP contribution in [0.25, 0.3) is 0 Å². The predicted octanol–water partition coefficient (Wildman–Crippen LogP) is 2.63. The first kappa shape index (κ1) is 12.2. The van der Waals surface area contributed by atoms with Gasteiger partial charge in [0.15, 0.2) is 0 Å². The molecule has 1 unspecified atom stereocenters. The largest absolute Gasteiger partial charge is 0.481 e. The fraction of sp³-hybridized carbons (Fsp3) is 0.143. The van der Waals surface area contributed by atoms with Crippen LogP contribution in [-0.2, 0) is 11.2 Å². The molecule has 2 aromatic rings. The molecule has 0 radical (unpaired) electrons. The molecule has 2 rings (SSSR count). The Morgan fingerprint density at radius 1 is 1.28 bits per heavy atom. The third-order valence-corrected chi connectivity index (χ3v) is 2.74. The van der Waals surface area contributed by atoms with Crippen molar-refractivity contribution in [2.75, 3.05) is 0 Å². The fourth-order valence-corrected chi connectivity index (χ4v) is 1.84. The molecule has 0 aliphatic rings. The molecule has 1 N–H and O–H groups in total. The van der Waals surface area contributed by atoms with Crippen molar-refractivity contribution in [1.29, 1.82) is 0 Å². The van der Waals surface area contributed by atoms with Gasteiger partial charge in [-0.3, -0.25) is 9.78 Å². The highest BCUT2D eigenvalue weighted by atomic mass is 19.1. The Balaban J connectivity index is 2.25. The summed E-state index contributed by atoms with van der Waals surface area (Å²) in [5.41, 5.74) is 1.33. The van der Waals surface area contributed by atoms with Crippen LogP contribution in [0.15, 0.2) is 48.8 Å². The van der Waals surface area contributed by atoms with Crippen molar-refractivity contribution in [2.24, 2.45) is 0 Å². The van der Waals surface area contributed by atoms with Crippen LogP contribution in [0.5, 0.6) is 0 Å². The van der Waals surface area contributed by atoms with E-state index in [1.165, 1.54) is 12.1 Å². The number of rotatable bonds is 4. The summed E-state index contributed by atoms with van der Waals surface area (Å²) in [6, 6.07) is 9.33. The van der Waals surface area contributed by atoms with Crippen LogP contribution in [-0.4, -0.2) is 16.1 Å². The summed E-state index contributed by atoms with van der Waals surface area (Å²) < 4.78 is 13.1. The van der Waals surface area contributed by atoms with Gasteiger partial charge >= 0.3 is 5.97 Å². The van der Waals surface area contributed by atoms with Crippen LogP contribution < -0.4 is 0 Å². The van der Waals surface area contributed by atoms with E-state index in [4.69, 9.17) is 0 Å². The van der Waals surface area contributed by atoms with Gasteiger partial charge in [0.1, 0.15) is 5.82 Å². The average molecular weight is 245 g/mol. The molecular weight excluding hydrogens is 233 g/mol. The first-order valence-corrected chi connectivity index (χ1v) is 5.54. The van der Waals surface area contributed by atoms with E-state index in [1.54, 1.807) is 36.7 Å². The number of nitrogens with zero attached hydrogens (tertiary/aromatic N) is 1. The van der Waals surface area contributed by atoms with Gasteiger partial charge in [-0.1, -0.05) is 12.1 Å². The summed E-state index contributed by atoms with van der Waals surface area (Å²) in [6.45, 7) is 0. The van der Waals surface area contributed by atoms with Crippen LogP contribution >= 0.6 is 0 Å². The van der Waals surface area contributed by atoms with E-state index in [0.29, 0.717) is 11.1 Å². The molecule has 92 valence electrons. The van der Waals surface area contributed by atoms with Gasteiger partial charge in [-0.15, -0.1) is 0 Å². The number of pyridine rings is 1. The lowest BCUT2D eigenvalue weighted by atomic mass is 9.93. The Morgan fingerprint density at radius 3 is 2.61 bits per heavy atom. The van der Waals surface area contributed by atoms with Crippen molar-refractivity contribution >= 4 is 5.97 Å². The standard InChI is InChI=1S/C14H12FNO2/c15-12-3-1-2-10(8-12)9-13(14(17)18)11-4-6-16-7-5-11/h1-8,13H,9H2,(H,17,18). The molecule has 1 heterocycles. The van der Waals surface area contributed by atoms with Gasteiger partial charge in [0.05, 0.1) is 5.92 Å². The number of aromatic nitrogens is 1. The molecule has 0 spiro atoms. The number of aliphatic carboxylic acids is 1. The van der Waals surface area contributed by atoms with E-state index in [-0.39, 0.29) is 12.2 Å². The highest BCUT2D eigenvalue weighted by Gasteiger charge is 2.20. The smallest absolute Gasteiger partial charge is 0.311 e. The van der Waals surface area contributed by atoms with E-state index in [1.807, 2.05) is 0 Å². The van der Waals surface area contributed by atoms with Crippen LogP contribution in [0.3, 0.4) is 0 Å². The Kier molecular flexibility index (Phi) is 3.67. The number of carbonyl (C=O) groups is 1. The molecule has 0 fully saturated rings. The molecular formula is C14H12FNO2. The molecule has 4 heteroatoms. The van der Waals surface area contributed by atoms with E-state index in [2.05, 4.69) is 4.98 Å². The van der Waals surface area contributed by atoms with E-state index in [9.17, 15) is 14.3 Å². The second kappa shape index (κ2) is 5.40. The molecule has 18 heavy (non-hydrogen) atoms.